The minimum atomic E-state index is -0.372. The van der Waals surface area contributed by atoms with Crippen LogP contribution in [0.15, 0.2) is 42.5 Å². The summed E-state index contributed by atoms with van der Waals surface area (Å²) in [7, 11) is 3.20. The standard InChI is InChI=1S/C21H17NO4/c1-11-15-9-8-14(26-3)10-16(15)18(12-4-6-13(25-2)7-5-12)19-17(11)20(23)22-21(19)24/h4-10H,1-3H3,(H,22,23,24). The Labute approximate surface area is 150 Å². The molecule has 1 aliphatic heterocycles. The molecule has 1 aliphatic rings. The molecule has 5 nitrogen and oxygen atoms in total. The van der Waals surface area contributed by atoms with Crippen molar-refractivity contribution in [2.45, 2.75) is 6.92 Å². The highest BCUT2D eigenvalue weighted by molar-refractivity contribution is 6.28. The molecule has 1 heterocycles. The molecule has 0 unspecified atom stereocenters. The number of fused-ring (bicyclic) bond motifs is 2. The van der Waals surface area contributed by atoms with Gasteiger partial charge in [0.1, 0.15) is 11.5 Å². The van der Waals surface area contributed by atoms with Crippen LogP contribution in [-0.2, 0) is 0 Å². The SMILES string of the molecule is COc1ccc(-c2c3c(c(C)c4ccc(OC)cc24)C(=O)NC3=O)cc1. The van der Waals surface area contributed by atoms with Crippen LogP contribution < -0.4 is 14.8 Å². The van der Waals surface area contributed by atoms with Gasteiger partial charge in [0.2, 0.25) is 0 Å². The van der Waals surface area contributed by atoms with Gasteiger partial charge in [-0.15, -0.1) is 0 Å². The third-order valence-electron chi connectivity index (χ3n) is 4.83. The number of hydrogen-bond acceptors (Lipinski definition) is 4. The second-order valence-corrected chi connectivity index (χ2v) is 6.17. The summed E-state index contributed by atoms with van der Waals surface area (Å²) in [4.78, 5) is 24.9. The van der Waals surface area contributed by atoms with Crippen molar-refractivity contribution in [3.63, 3.8) is 0 Å². The Hall–Kier alpha value is -3.34. The van der Waals surface area contributed by atoms with E-state index >= 15 is 0 Å². The summed E-state index contributed by atoms with van der Waals surface area (Å²) in [5, 5.41) is 4.21. The van der Waals surface area contributed by atoms with Crippen LogP contribution in [0, 0.1) is 6.92 Å². The monoisotopic (exact) mass is 347 g/mol. The highest BCUT2D eigenvalue weighted by atomic mass is 16.5. The van der Waals surface area contributed by atoms with Crippen molar-refractivity contribution < 1.29 is 19.1 Å². The van der Waals surface area contributed by atoms with Gasteiger partial charge in [-0.3, -0.25) is 14.9 Å². The van der Waals surface area contributed by atoms with Crippen molar-refractivity contribution in [3.8, 4) is 22.6 Å². The normalized spacial score (nSPS) is 12.9. The number of hydrogen-bond donors (Lipinski definition) is 1. The Kier molecular flexibility index (Phi) is 3.65. The van der Waals surface area contributed by atoms with Gasteiger partial charge < -0.3 is 9.47 Å². The van der Waals surface area contributed by atoms with Crippen LogP contribution >= 0.6 is 0 Å². The molecule has 0 saturated carbocycles. The maximum absolute atomic E-state index is 12.6. The predicted octanol–water partition coefficient (Wildman–Crippen LogP) is 3.72. The minimum Gasteiger partial charge on any atom is -0.497 e. The van der Waals surface area contributed by atoms with Gasteiger partial charge in [-0.2, -0.15) is 0 Å². The zero-order valence-electron chi connectivity index (χ0n) is 14.7. The number of methoxy groups -OCH3 is 2. The summed E-state index contributed by atoms with van der Waals surface area (Å²) in [6.07, 6.45) is 0. The lowest BCUT2D eigenvalue weighted by Crippen LogP contribution is -2.20. The molecule has 5 heteroatoms. The first-order valence-electron chi connectivity index (χ1n) is 8.19. The number of carbonyl (C=O) groups excluding carboxylic acids is 2. The summed E-state index contributed by atoms with van der Waals surface area (Å²) in [5.74, 6) is 0.690. The van der Waals surface area contributed by atoms with E-state index in [1.807, 2.05) is 49.4 Å². The minimum absolute atomic E-state index is 0.352. The molecule has 130 valence electrons. The lowest BCUT2D eigenvalue weighted by Gasteiger charge is -2.15. The Bertz CT molecular complexity index is 1070. The molecule has 0 bridgehead atoms. The van der Waals surface area contributed by atoms with Crippen molar-refractivity contribution in [1.82, 2.24) is 5.32 Å². The maximum Gasteiger partial charge on any atom is 0.259 e. The van der Waals surface area contributed by atoms with Crippen molar-refractivity contribution in [1.29, 1.82) is 0 Å². The molecule has 0 saturated heterocycles. The number of rotatable bonds is 3. The highest BCUT2D eigenvalue weighted by Crippen LogP contribution is 2.40. The van der Waals surface area contributed by atoms with Gasteiger partial charge in [0.15, 0.2) is 0 Å². The maximum atomic E-state index is 12.6. The summed E-state index contributed by atoms with van der Waals surface area (Å²) in [6, 6.07) is 13.1. The van der Waals surface area contributed by atoms with Crippen LogP contribution in [0.1, 0.15) is 26.3 Å². The number of aryl methyl sites for hydroxylation is 1. The van der Waals surface area contributed by atoms with Crippen molar-refractivity contribution in [3.05, 3.63) is 59.2 Å². The molecule has 3 aromatic carbocycles. The average molecular weight is 347 g/mol. The molecule has 0 fully saturated rings. The van der Waals surface area contributed by atoms with Crippen molar-refractivity contribution >= 4 is 22.6 Å². The second-order valence-electron chi connectivity index (χ2n) is 6.17. The van der Waals surface area contributed by atoms with E-state index in [1.165, 1.54) is 0 Å². The van der Waals surface area contributed by atoms with Gasteiger partial charge in [0.05, 0.1) is 25.3 Å². The molecular weight excluding hydrogens is 330 g/mol. The highest BCUT2D eigenvalue weighted by Gasteiger charge is 2.33. The molecule has 0 aromatic heterocycles. The Balaban J connectivity index is 2.14. The lowest BCUT2D eigenvalue weighted by atomic mass is 9.87. The topological polar surface area (TPSA) is 64.6 Å². The molecule has 3 aromatic rings. The van der Waals surface area contributed by atoms with Crippen LogP contribution in [0.5, 0.6) is 11.5 Å². The fraction of sp³-hybridized carbons (Fsp3) is 0.143. The number of imide groups is 1. The first kappa shape index (κ1) is 16.1. The molecule has 1 N–H and O–H groups in total. The van der Waals surface area contributed by atoms with Gasteiger partial charge >= 0.3 is 0 Å². The van der Waals surface area contributed by atoms with E-state index in [-0.39, 0.29) is 11.8 Å². The van der Waals surface area contributed by atoms with Gasteiger partial charge in [-0.05, 0) is 53.1 Å². The first-order valence-corrected chi connectivity index (χ1v) is 8.19. The summed E-state index contributed by atoms with van der Waals surface area (Å²) in [5.41, 5.74) is 3.21. The van der Waals surface area contributed by atoms with Crippen LogP contribution in [0.2, 0.25) is 0 Å². The van der Waals surface area contributed by atoms with Crippen molar-refractivity contribution in [2.24, 2.45) is 0 Å². The van der Waals surface area contributed by atoms with Crippen LogP contribution in [0.25, 0.3) is 21.9 Å². The van der Waals surface area contributed by atoms with E-state index in [1.54, 1.807) is 14.2 Å². The summed E-state index contributed by atoms with van der Waals surface area (Å²) < 4.78 is 10.6. The zero-order valence-corrected chi connectivity index (χ0v) is 14.7. The molecule has 2 amide bonds. The number of carbonyl (C=O) groups is 2. The quantitative estimate of drug-likeness (QED) is 0.734. The van der Waals surface area contributed by atoms with Gasteiger partial charge in [-0.1, -0.05) is 18.2 Å². The van der Waals surface area contributed by atoms with E-state index < -0.39 is 0 Å². The largest absolute Gasteiger partial charge is 0.497 e. The number of amides is 2. The smallest absolute Gasteiger partial charge is 0.259 e. The first-order chi connectivity index (χ1) is 12.5. The van der Waals surface area contributed by atoms with E-state index in [4.69, 9.17) is 9.47 Å². The van der Waals surface area contributed by atoms with Crippen LogP contribution in [-0.4, -0.2) is 26.0 Å². The Morgan fingerprint density at radius 1 is 0.731 bits per heavy atom. The van der Waals surface area contributed by atoms with Crippen molar-refractivity contribution in [2.75, 3.05) is 14.2 Å². The Morgan fingerprint density at radius 3 is 2.00 bits per heavy atom. The van der Waals surface area contributed by atoms with Gasteiger partial charge in [-0.25, -0.2) is 0 Å². The molecular formula is C21H17NO4. The zero-order chi connectivity index (χ0) is 18.4. The van der Waals surface area contributed by atoms with Crippen LogP contribution in [0.3, 0.4) is 0 Å². The van der Waals surface area contributed by atoms with E-state index in [2.05, 4.69) is 5.32 Å². The third kappa shape index (κ3) is 2.24. The molecule has 0 radical (unpaired) electrons. The third-order valence-corrected chi connectivity index (χ3v) is 4.83. The van der Waals surface area contributed by atoms with E-state index in [0.29, 0.717) is 16.9 Å². The van der Waals surface area contributed by atoms with E-state index in [0.717, 1.165) is 33.2 Å². The Morgan fingerprint density at radius 2 is 1.35 bits per heavy atom. The number of ether oxygens (including phenoxy) is 2. The fourth-order valence-electron chi connectivity index (χ4n) is 3.56. The second kappa shape index (κ2) is 5.88. The average Bonchev–Trinajstić information content (AvgIpc) is 2.96. The molecule has 4 rings (SSSR count). The molecule has 26 heavy (non-hydrogen) atoms. The summed E-state index contributed by atoms with van der Waals surface area (Å²) in [6.45, 7) is 1.86. The lowest BCUT2D eigenvalue weighted by molar-refractivity contribution is 0.0879. The van der Waals surface area contributed by atoms with Crippen LogP contribution in [0.4, 0.5) is 0 Å². The number of benzene rings is 3. The molecule has 0 atom stereocenters. The predicted molar refractivity (Wildman–Crippen MR) is 99.0 cm³/mol. The fourth-order valence-corrected chi connectivity index (χ4v) is 3.56. The van der Waals surface area contributed by atoms with E-state index in [9.17, 15) is 9.59 Å². The summed E-state index contributed by atoms with van der Waals surface area (Å²) >= 11 is 0. The van der Waals surface area contributed by atoms with Gasteiger partial charge in [0.25, 0.3) is 11.8 Å². The molecule has 0 aliphatic carbocycles. The van der Waals surface area contributed by atoms with Gasteiger partial charge in [0, 0.05) is 5.56 Å². The number of nitrogens with one attached hydrogen (secondary N) is 1. The molecule has 0 spiro atoms.